The van der Waals surface area contributed by atoms with Crippen molar-refractivity contribution in [3.63, 3.8) is 0 Å². The first kappa shape index (κ1) is 13.2. The van der Waals surface area contributed by atoms with Crippen LogP contribution in [0.15, 0.2) is 22.7 Å². The fraction of sp³-hybridized carbons (Fsp3) is 0.308. The van der Waals surface area contributed by atoms with Gasteiger partial charge in [-0.25, -0.2) is 9.37 Å². The van der Waals surface area contributed by atoms with Gasteiger partial charge in [0.1, 0.15) is 5.76 Å². The maximum Gasteiger partial charge on any atom is 0.213 e. The predicted molar refractivity (Wildman–Crippen MR) is 70.6 cm³/mol. The Morgan fingerprint density at radius 3 is 2.89 bits per heavy atom. The molecule has 3 N–H and O–H groups in total. The number of halogens is 1. The first-order valence-corrected chi connectivity index (χ1v) is 5.94. The molecule has 1 aromatic carbocycles. The third kappa shape index (κ3) is 2.96. The molecule has 0 radical (unpaired) electrons. The summed E-state index contributed by atoms with van der Waals surface area (Å²) in [5.41, 5.74) is 6.62. The van der Waals surface area contributed by atoms with Crippen LogP contribution >= 0.6 is 0 Å². The van der Waals surface area contributed by atoms with Crippen molar-refractivity contribution >= 4 is 11.4 Å². The average molecular weight is 265 g/mol. The van der Waals surface area contributed by atoms with Gasteiger partial charge in [-0.2, -0.15) is 0 Å². The molecular formula is C13H16FN3O2. The molecule has 0 amide bonds. The zero-order chi connectivity index (χ0) is 13.8. The molecule has 0 saturated carbocycles. The molecule has 0 fully saturated rings. The van der Waals surface area contributed by atoms with E-state index in [4.69, 9.17) is 14.9 Å². The summed E-state index contributed by atoms with van der Waals surface area (Å²) >= 11 is 0. The number of methoxy groups -OCH3 is 1. The van der Waals surface area contributed by atoms with E-state index >= 15 is 0 Å². The summed E-state index contributed by atoms with van der Waals surface area (Å²) in [7, 11) is 1.40. The number of nitrogens with two attached hydrogens (primary N) is 1. The molecule has 5 nitrogen and oxygen atoms in total. The van der Waals surface area contributed by atoms with Crippen LogP contribution in [0.1, 0.15) is 18.6 Å². The summed E-state index contributed by atoms with van der Waals surface area (Å²) in [5, 5.41) is 3.04. The van der Waals surface area contributed by atoms with E-state index in [1.807, 2.05) is 6.92 Å². The Labute approximate surface area is 110 Å². The van der Waals surface area contributed by atoms with Crippen molar-refractivity contribution in [2.75, 3.05) is 18.2 Å². The normalized spacial score (nSPS) is 10.5. The zero-order valence-corrected chi connectivity index (χ0v) is 10.9. The number of hydrogen-bond donors (Lipinski definition) is 2. The van der Waals surface area contributed by atoms with Crippen LogP contribution in [0, 0.1) is 5.82 Å². The van der Waals surface area contributed by atoms with E-state index in [1.54, 1.807) is 6.20 Å². The highest BCUT2D eigenvalue weighted by atomic mass is 19.1. The molecule has 1 heterocycles. The Kier molecular flexibility index (Phi) is 3.89. The summed E-state index contributed by atoms with van der Waals surface area (Å²) < 4.78 is 23.7. The fourth-order valence-corrected chi connectivity index (χ4v) is 1.64. The van der Waals surface area contributed by atoms with Gasteiger partial charge in [0, 0.05) is 18.6 Å². The number of nitrogens with zero attached hydrogens (tertiary/aromatic N) is 1. The predicted octanol–water partition coefficient (Wildman–Crippen LogP) is 2.58. The monoisotopic (exact) mass is 265 g/mol. The van der Waals surface area contributed by atoms with E-state index in [0.717, 1.165) is 12.2 Å². The van der Waals surface area contributed by atoms with Crippen LogP contribution in [0.4, 0.5) is 15.8 Å². The van der Waals surface area contributed by atoms with Crippen molar-refractivity contribution in [3.8, 4) is 5.75 Å². The SMILES string of the molecule is CCc1cnc(CNc2cc(OC)c(F)cc2N)o1. The molecule has 0 saturated heterocycles. The summed E-state index contributed by atoms with van der Waals surface area (Å²) in [6, 6.07) is 2.72. The van der Waals surface area contributed by atoms with Gasteiger partial charge in [0.05, 0.1) is 31.2 Å². The minimum Gasteiger partial charge on any atom is -0.494 e. The van der Waals surface area contributed by atoms with Crippen LogP contribution in [0.25, 0.3) is 0 Å². The Hall–Kier alpha value is -2.24. The molecular weight excluding hydrogens is 249 g/mol. The highest BCUT2D eigenvalue weighted by molar-refractivity contribution is 5.68. The number of aromatic nitrogens is 1. The minimum atomic E-state index is -0.491. The number of benzene rings is 1. The molecule has 2 rings (SSSR count). The van der Waals surface area contributed by atoms with Gasteiger partial charge in [-0.3, -0.25) is 0 Å². The number of hydrogen-bond acceptors (Lipinski definition) is 5. The van der Waals surface area contributed by atoms with E-state index in [9.17, 15) is 4.39 Å². The third-order valence-corrected chi connectivity index (χ3v) is 2.70. The van der Waals surface area contributed by atoms with Crippen LogP contribution < -0.4 is 15.8 Å². The average Bonchev–Trinajstić information content (AvgIpc) is 2.86. The first-order valence-electron chi connectivity index (χ1n) is 5.94. The van der Waals surface area contributed by atoms with Crippen molar-refractivity contribution in [1.82, 2.24) is 4.98 Å². The molecule has 19 heavy (non-hydrogen) atoms. The third-order valence-electron chi connectivity index (χ3n) is 2.70. The second-order valence-electron chi connectivity index (χ2n) is 4.00. The van der Waals surface area contributed by atoms with Crippen LogP contribution in [0.2, 0.25) is 0 Å². The van der Waals surface area contributed by atoms with Gasteiger partial charge in [0.25, 0.3) is 0 Å². The van der Waals surface area contributed by atoms with Gasteiger partial charge in [-0.05, 0) is 0 Å². The number of anilines is 2. The van der Waals surface area contributed by atoms with Gasteiger partial charge in [-0.15, -0.1) is 0 Å². The van der Waals surface area contributed by atoms with E-state index in [2.05, 4.69) is 10.3 Å². The Morgan fingerprint density at radius 1 is 1.47 bits per heavy atom. The summed E-state index contributed by atoms with van der Waals surface area (Å²) in [6.07, 6.45) is 2.48. The first-order chi connectivity index (χ1) is 9.13. The topological polar surface area (TPSA) is 73.3 Å². The lowest BCUT2D eigenvalue weighted by molar-refractivity contribution is 0.387. The van der Waals surface area contributed by atoms with Crippen molar-refractivity contribution in [2.45, 2.75) is 19.9 Å². The number of nitrogens with one attached hydrogen (secondary N) is 1. The van der Waals surface area contributed by atoms with Gasteiger partial charge in [0.2, 0.25) is 5.89 Å². The molecule has 2 aromatic rings. The van der Waals surface area contributed by atoms with Crippen LogP contribution in [0.5, 0.6) is 5.75 Å². The quantitative estimate of drug-likeness (QED) is 0.813. The van der Waals surface area contributed by atoms with Gasteiger partial charge < -0.3 is 20.2 Å². The molecule has 0 aliphatic heterocycles. The largest absolute Gasteiger partial charge is 0.494 e. The maximum absolute atomic E-state index is 13.4. The second-order valence-corrected chi connectivity index (χ2v) is 4.00. The molecule has 0 bridgehead atoms. The van der Waals surface area contributed by atoms with Gasteiger partial charge in [0.15, 0.2) is 11.6 Å². The van der Waals surface area contributed by atoms with E-state index in [0.29, 0.717) is 23.8 Å². The Balaban J connectivity index is 2.10. The smallest absolute Gasteiger partial charge is 0.213 e. The van der Waals surface area contributed by atoms with E-state index < -0.39 is 5.82 Å². The lowest BCUT2D eigenvalue weighted by Crippen LogP contribution is -2.04. The molecule has 0 atom stereocenters. The molecule has 1 aromatic heterocycles. The van der Waals surface area contributed by atoms with Crippen molar-refractivity contribution in [2.24, 2.45) is 0 Å². The molecule has 6 heteroatoms. The lowest BCUT2D eigenvalue weighted by atomic mass is 10.2. The van der Waals surface area contributed by atoms with E-state index in [-0.39, 0.29) is 5.75 Å². The van der Waals surface area contributed by atoms with Gasteiger partial charge in [-0.1, -0.05) is 6.92 Å². The highest BCUT2D eigenvalue weighted by Gasteiger charge is 2.09. The number of oxazole rings is 1. The van der Waals surface area contributed by atoms with Gasteiger partial charge >= 0.3 is 0 Å². The van der Waals surface area contributed by atoms with Crippen LogP contribution in [-0.4, -0.2) is 12.1 Å². The Morgan fingerprint density at radius 2 is 2.26 bits per heavy atom. The van der Waals surface area contributed by atoms with Crippen molar-refractivity contribution in [3.05, 3.63) is 35.8 Å². The zero-order valence-electron chi connectivity index (χ0n) is 10.9. The summed E-state index contributed by atoms with van der Waals surface area (Å²) in [6.45, 7) is 2.36. The molecule has 0 aliphatic rings. The highest BCUT2D eigenvalue weighted by Crippen LogP contribution is 2.28. The maximum atomic E-state index is 13.4. The van der Waals surface area contributed by atoms with Crippen molar-refractivity contribution < 1.29 is 13.5 Å². The fourth-order valence-electron chi connectivity index (χ4n) is 1.64. The number of nitrogen functional groups attached to an aromatic ring is 1. The Bertz CT molecular complexity index is 569. The van der Waals surface area contributed by atoms with Crippen LogP contribution in [0.3, 0.4) is 0 Å². The number of ether oxygens (including phenoxy) is 1. The van der Waals surface area contributed by atoms with Crippen LogP contribution in [-0.2, 0) is 13.0 Å². The van der Waals surface area contributed by atoms with Crippen molar-refractivity contribution in [1.29, 1.82) is 0 Å². The second kappa shape index (κ2) is 5.60. The minimum absolute atomic E-state index is 0.137. The molecule has 102 valence electrons. The standard InChI is InChI=1S/C13H16FN3O2/c1-3-8-6-17-13(19-8)7-16-11-5-12(18-2)9(14)4-10(11)15/h4-6,16H,3,7,15H2,1-2H3. The number of rotatable bonds is 5. The lowest BCUT2D eigenvalue weighted by Gasteiger charge is -2.10. The molecule has 0 spiro atoms. The number of aryl methyl sites for hydroxylation is 1. The summed E-state index contributed by atoms with van der Waals surface area (Å²) in [4.78, 5) is 4.12. The molecule has 0 aliphatic carbocycles. The summed E-state index contributed by atoms with van der Waals surface area (Å²) in [5.74, 6) is 1.02. The molecule has 0 unspecified atom stereocenters. The van der Waals surface area contributed by atoms with E-state index in [1.165, 1.54) is 19.2 Å².